The van der Waals surface area contributed by atoms with Gasteiger partial charge in [0.05, 0.1) is 0 Å². The van der Waals surface area contributed by atoms with Crippen molar-refractivity contribution in [3.63, 3.8) is 0 Å². The van der Waals surface area contributed by atoms with Crippen LogP contribution in [-0.4, -0.2) is 0 Å². The van der Waals surface area contributed by atoms with Crippen LogP contribution in [0.15, 0.2) is 24.8 Å². The average molecular weight is 265 g/mol. The summed E-state index contributed by atoms with van der Waals surface area (Å²) in [5.74, 6) is 1.42. The lowest BCUT2D eigenvalue weighted by Crippen LogP contribution is -1.92. The molecule has 0 radical (unpaired) electrons. The van der Waals surface area contributed by atoms with Gasteiger partial charge < -0.3 is 0 Å². The Morgan fingerprint density at radius 3 is 2.44 bits per heavy atom. The molecule has 0 unspecified atom stereocenters. The van der Waals surface area contributed by atoms with E-state index in [1.807, 2.05) is 6.08 Å². The molecule has 1 heteroatoms. The van der Waals surface area contributed by atoms with Crippen molar-refractivity contribution in [3.8, 4) is 0 Å². The average Bonchev–Trinajstić information content (AvgIpc) is 2.37. The van der Waals surface area contributed by atoms with Gasteiger partial charge in [-0.05, 0) is 35.4 Å². The Bertz CT molecular complexity index is 366. The number of aryl methyl sites for hydroxylation is 1. The first-order valence-corrected chi connectivity index (χ1v) is 7.50. The van der Waals surface area contributed by atoms with E-state index in [4.69, 9.17) is 11.6 Å². The fourth-order valence-corrected chi connectivity index (χ4v) is 2.34. The van der Waals surface area contributed by atoms with Crippen molar-refractivity contribution in [2.24, 2.45) is 5.92 Å². The molecule has 0 aliphatic carbocycles. The van der Waals surface area contributed by atoms with Gasteiger partial charge in [0.15, 0.2) is 0 Å². The number of halogens is 1. The number of hydrogen-bond donors (Lipinski definition) is 0. The van der Waals surface area contributed by atoms with E-state index in [0.717, 1.165) is 12.3 Å². The van der Waals surface area contributed by atoms with Crippen LogP contribution in [-0.2, 0) is 12.3 Å². The second kappa shape index (κ2) is 8.37. The Kier molecular flexibility index (Phi) is 7.12. The van der Waals surface area contributed by atoms with Gasteiger partial charge in [0.1, 0.15) is 0 Å². The van der Waals surface area contributed by atoms with E-state index in [0.29, 0.717) is 5.88 Å². The van der Waals surface area contributed by atoms with E-state index in [9.17, 15) is 0 Å². The van der Waals surface area contributed by atoms with Gasteiger partial charge in [-0.1, -0.05) is 64.0 Å². The minimum atomic E-state index is 0.585. The van der Waals surface area contributed by atoms with Gasteiger partial charge in [0, 0.05) is 5.88 Å². The summed E-state index contributed by atoms with van der Waals surface area (Å²) >= 11 is 5.91. The molecular formula is C17H25Cl. The predicted octanol–water partition coefficient (Wildman–Crippen LogP) is 5.83. The first-order valence-electron chi connectivity index (χ1n) is 6.97. The highest BCUT2D eigenvalue weighted by Gasteiger charge is 2.00. The van der Waals surface area contributed by atoms with Gasteiger partial charge in [0.2, 0.25) is 0 Å². The Labute approximate surface area is 117 Å². The highest BCUT2D eigenvalue weighted by atomic mass is 35.5. The quantitative estimate of drug-likeness (QED) is 0.409. The number of unbranched alkanes of at least 4 members (excludes halogenated alkanes) is 2. The van der Waals surface area contributed by atoms with Crippen molar-refractivity contribution in [2.75, 3.05) is 0 Å². The van der Waals surface area contributed by atoms with Crippen LogP contribution in [0.4, 0.5) is 0 Å². The lowest BCUT2D eigenvalue weighted by molar-refractivity contribution is 0.527. The SMILES string of the molecule is C=Cc1cc(CCl)cc(CCCCCC(C)C)c1. The summed E-state index contributed by atoms with van der Waals surface area (Å²) in [5, 5.41) is 0. The van der Waals surface area contributed by atoms with Gasteiger partial charge in [-0.3, -0.25) is 0 Å². The first-order chi connectivity index (χ1) is 8.65. The van der Waals surface area contributed by atoms with Crippen LogP contribution in [0.3, 0.4) is 0 Å². The predicted molar refractivity (Wildman–Crippen MR) is 83.1 cm³/mol. The maximum Gasteiger partial charge on any atom is 0.0474 e. The van der Waals surface area contributed by atoms with Crippen molar-refractivity contribution in [2.45, 2.75) is 51.8 Å². The Balaban J connectivity index is 2.43. The van der Waals surface area contributed by atoms with Gasteiger partial charge >= 0.3 is 0 Å². The topological polar surface area (TPSA) is 0 Å². The number of benzene rings is 1. The van der Waals surface area contributed by atoms with E-state index in [-0.39, 0.29) is 0 Å². The molecule has 100 valence electrons. The fourth-order valence-electron chi connectivity index (χ4n) is 2.19. The van der Waals surface area contributed by atoms with Gasteiger partial charge in [-0.25, -0.2) is 0 Å². The second-order valence-corrected chi connectivity index (χ2v) is 5.68. The van der Waals surface area contributed by atoms with Crippen LogP contribution in [0.2, 0.25) is 0 Å². The number of hydrogen-bond acceptors (Lipinski definition) is 0. The lowest BCUT2D eigenvalue weighted by Gasteiger charge is -2.07. The summed E-state index contributed by atoms with van der Waals surface area (Å²) in [6.45, 7) is 8.42. The molecule has 0 aromatic heterocycles. The maximum atomic E-state index is 5.91. The van der Waals surface area contributed by atoms with E-state index >= 15 is 0 Å². The molecule has 1 aromatic carbocycles. The molecule has 0 atom stereocenters. The molecule has 0 N–H and O–H groups in total. The summed E-state index contributed by atoms with van der Waals surface area (Å²) in [6.07, 6.45) is 8.35. The van der Waals surface area contributed by atoms with Crippen LogP contribution < -0.4 is 0 Å². The Morgan fingerprint density at radius 2 is 1.83 bits per heavy atom. The van der Waals surface area contributed by atoms with Gasteiger partial charge in [0.25, 0.3) is 0 Å². The highest BCUT2D eigenvalue weighted by molar-refractivity contribution is 6.17. The van der Waals surface area contributed by atoms with Crippen molar-refractivity contribution in [1.82, 2.24) is 0 Å². The number of rotatable bonds is 8. The molecule has 0 spiro atoms. The molecule has 0 saturated heterocycles. The second-order valence-electron chi connectivity index (χ2n) is 5.41. The lowest BCUT2D eigenvalue weighted by atomic mass is 9.99. The third kappa shape index (κ3) is 5.73. The molecule has 0 aliphatic heterocycles. The van der Waals surface area contributed by atoms with Crippen LogP contribution in [0, 0.1) is 5.92 Å². The van der Waals surface area contributed by atoms with Crippen LogP contribution >= 0.6 is 11.6 Å². The molecule has 0 nitrogen and oxygen atoms in total. The zero-order valence-electron chi connectivity index (χ0n) is 11.7. The molecule has 0 saturated carbocycles. The minimum Gasteiger partial charge on any atom is -0.122 e. The van der Waals surface area contributed by atoms with Gasteiger partial charge in [-0.15, -0.1) is 11.6 Å². The molecule has 0 bridgehead atoms. The molecule has 1 aromatic rings. The Morgan fingerprint density at radius 1 is 1.11 bits per heavy atom. The zero-order chi connectivity index (χ0) is 13.4. The normalized spacial score (nSPS) is 10.9. The van der Waals surface area contributed by atoms with Crippen molar-refractivity contribution < 1.29 is 0 Å². The molecule has 0 fully saturated rings. The largest absolute Gasteiger partial charge is 0.122 e. The molecule has 0 heterocycles. The summed E-state index contributed by atoms with van der Waals surface area (Å²) in [4.78, 5) is 0. The summed E-state index contributed by atoms with van der Waals surface area (Å²) in [6, 6.07) is 6.57. The summed E-state index contributed by atoms with van der Waals surface area (Å²) < 4.78 is 0. The van der Waals surface area contributed by atoms with Crippen LogP contribution in [0.5, 0.6) is 0 Å². The van der Waals surface area contributed by atoms with E-state index in [1.54, 1.807) is 0 Å². The molecule has 18 heavy (non-hydrogen) atoms. The molecule has 0 aliphatic rings. The minimum absolute atomic E-state index is 0.585. The van der Waals surface area contributed by atoms with Crippen molar-refractivity contribution in [3.05, 3.63) is 41.5 Å². The third-order valence-electron chi connectivity index (χ3n) is 3.21. The van der Waals surface area contributed by atoms with E-state index in [2.05, 4.69) is 38.6 Å². The summed E-state index contributed by atoms with van der Waals surface area (Å²) in [5.41, 5.74) is 3.78. The third-order valence-corrected chi connectivity index (χ3v) is 3.52. The summed E-state index contributed by atoms with van der Waals surface area (Å²) in [7, 11) is 0. The fraction of sp³-hybridized carbons (Fsp3) is 0.529. The molecule has 1 rings (SSSR count). The van der Waals surface area contributed by atoms with Crippen LogP contribution in [0.1, 0.15) is 56.2 Å². The van der Waals surface area contributed by atoms with Crippen LogP contribution in [0.25, 0.3) is 6.08 Å². The monoisotopic (exact) mass is 264 g/mol. The smallest absolute Gasteiger partial charge is 0.0474 e. The Hall–Kier alpha value is -0.750. The van der Waals surface area contributed by atoms with Crippen molar-refractivity contribution >= 4 is 17.7 Å². The van der Waals surface area contributed by atoms with E-state index in [1.165, 1.54) is 42.4 Å². The molecule has 0 amide bonds. The van der Waals surface area contributed by atoms with Gasteiger partial charge in [-0.2, -0.15) is 0 Å². The molecular weight excluding hydrogens is 240 g/mol. The van der Waals surface area contributed by atoms with Crippen molar-refractivity contribution in [1.29, 1.82) is 0 Å². The zero-order valence-corrected chi connectivity index (χ0v) is 12.5. The van der Waals surface area contributed by atoms with E-state index < -0.39 is 0 Å². The highest BCUT2D eigenvalue weighted by Crippen LogP contribution is 2.17. The number of alkyl halides is 1. The standard InChI is InChI=1S/C17H25Cl/c1-4-15-10-16(12-17(11-15)13-18)9-7-5-6-8-14(2)3/h4,10-12,14H,1,5-9,13H2,2-3H3. The first kappa shape index (κ1) is 15.3. The maximum absolute atomic E-state index is 5.91.